The number of carbonyl (C=O) groups is 1. The third kappa shape index (κ3) is 9.34. The highest BCUT2D eigenvalue weighted by Gasteiger charge is 2.30. The van der Waals surface area contributed by atoms with Gasteiger partial charge in [0, 0.05) is 57.0 Å². The molecule has 0 radical (unpaired) electrons. The van der Waals surface area contributed by atoms with Gasteiger partial charge in [-0.05, 0) is 78.2 Å². The molecule has 1 atom stereocenters. The number of aryl methyl sites for hydroxylation is 3. The summed E-state index contributed by atoms with van der Waals surface area (Å²) < 4.78 is 69.9. The average molecular weight is 857 g/mol. The van der Waals surface area contributed by atoms with Gasteiger partial charge in [-0.2, -0.15) is 10.2 Å². The molecule has 0 aliphatic heterocycles. The van der Waals surface area contributed by atoms with Crippen molar-refractivity contribution < 1.29 is 31.6 Å². The molecule has 0 bridgehead atoms. The number of alkyl halides is 2. The largest absolute Gasteiger partial charge is 0.337 e. The lowest BCUT2D eigenvalue weighted by Crippen LogP contribution is -2.39. The minimum atomic E-state index is -2.88. The maximum absolute atomic E-state index is 14.2. The summed E-state index contributed by atoms with van der Waals surface area (Å²) in [6.45, 7) is 3.44. The van der Waals surface area contributed by atoms with Crippen molar-refractivity contribution in [2.45, 2.75) is 32.7 Å². The molecule has 0 saturated heterocycles. The number of hydrogen-bond acceptors (Lipinski definition) is 5. The number of benzene rings is 3. The predicted molar refractivity (Wildman–Crippen MR) is 192 cm³/mol. The lowest BCUT2D eigenvalue weighted by Gasteiger charge is -2.27. The molecule has 0 aliphatic carbocycles. The molecule has 1 N–H and O–H groups in total. The van der Waals surface area contributed by atoms with Gasteiger partial charge in [-0.15, -0.1) is 0 Å². The lowest BCUT2D eigenvalue weighted by atomic mass is 10.1. The molecule has 0 spiro atoms. The minimum Gasteiger partial charge on any atom is -0.337 e. The van der Waals surface area contributed by atoms with E-state index >= 15 is 0 Å². The predicted octanol–water partition coefficient (Wildman–Crippen LogP) is 10.9. The number of nitrogens with one attached hydrogen (secondary N) is 1. The number of halogens is 10. The summed E-state index contributed by atoms with van der Waals surface area (Å²) in [6.07, 6.45) is -1.42. The zero-order valence-corrected chi connectivity index (χ0v) is 31.9. The van der Waals surface area contributed by atoms with Gasteiger partial charge >= 0.3 is 0 Å². The van der Waals surface area contributed by atoms with Gasteiger partial charge in [-0.1, -0.05) is 46.4 Å². The molecule has 0 fully saturated rings. The molecule has 1 amide bonds. The molecule has 0 saturated carbocycles. The summed E-state index contributed by atoms with van der Waals surface area (Å²) in [5.74, 6) is -2.21. The van der Waals surface area contributed by atoms with E-state index in [1.165, 1.54) is 55.4 Å². The molecule has 5 aromatic rings. The number of amides is 1. The van der Waals surface area contributed by atoms with Crippen molar-refractivity contribution in [1.29, 1.82) is 0 Å². The van der Waals surface area contributed by atoms with E-state index in [0.29, 0.717) is 43.3 Å². The number of carbonyl (C=O) groups excluding carboxylic acids is 1. The van der Waals surface area contributed by atoms with E-state index in [2.05, 4.69) is 31.4 Å². The molecular weight excluding hydrogens is 829 g/mol. The maximum atomic E-state index is 14.2. The third-order valence-electron chi connectivity index (χ3n) is 7.37. The van der Waals surface area contributed by atoms with E-state index in [9.17, 15) is 26.7 Å². The maximum Gasteiger partial charge on any atom is 0.282 e. The zero-order valence-electron chi connectivity index (χ0n) is 27.3. The van der Waals surface area contributed by atoms with Crippen molar-refractivity contribution in [3.8, 4) is 11.1 Å². The van der Waals surface area contributed by atoms with Crippen LogP contribution in [0.25, 0.3) is 11.1 Å². The molecular formula is C33H28BrCl4F5N6O2. The van der Waals surface area contributed by atoms with Crippen LogP contribution in [0.1, 0.15) is 40.7 Å². The van der Waals surface area contributed by atoms with Crippen LogP contribution in [0.4, 0.5) is 33.5 Å². The van der Waals surface area contributed by atoms with E-state index < -0.39 is 41.5 Å². The van der Waals surface area contributed by atoms with E-state index in [1.54, 1.807) is 20.9 Å². The van der Waals surface area contributed by atoms with Gasteiger partial charge in [0.2, 0.25) is 0 Å². The topological polar surface area (TPSA) is 77.2 Å². The van der Waals surface area contributed by atoms with Gasteiger partial charge < -0.3 is 5.32 Å². The summed E-state index contributed by atoms with van der Waals surface area (Å²) in [4.78, 5) is 17.8. The molecule has 5 rings (SSSR count). The first-order chi connectivity index (χ1) is 23.9. The Morgan fingerprint density at radius 3 is 2.20 bits per heavy atom. The monoisotopic (exact) mass is 854 g/mol. The molecule has 2 heterocycles. The van der Waals surface area contributed by atoms with Gasteiger partial charge in [-0.3, -0.25) is 19.0 Å². The Balaban J connectivity index is 0.000000229. The highest BCUT2D eigenvalue weighted by atomic mass is 79.9. The van der Waals surface area contributed by atoms with Crippen LogP contribution in [0.15, 0.2) is 53.1 Å². The van der Waals surface area contributed by atoms with Crippen molar-refractivity contribution in [2.24, 2.45) is 14.1 Å². The molecule has 3 aromatic carbocycles. The number of hydroxylamine groups is 2. The highest BCUT2D eigenvalue weighted by molar-refractivity contribution is 9.10. The Kier molecular flexibility index (Phi) is 13.4. The second-order valence-electron chi connectivity index (χ2n) is 11.0. The second kappa shape index (κ2) is 17.0. The first-order valence-electron chi connectivity index (χ1n) is 14.7. The molecule has 272 valence electrons. The van der Waals surface area contributed by atoms with Crippen molar-refractivity contribution in [2.75, 3.05) is 12.4 Å². The first kappa shape index (κ1) is 40.4. The smallest absolute Gasteiger partial charge is 0.282 e. The van der Waals surface area contributed by atoms with Crippen LogP contribution >= 0.6 is 62.3 Å². The Bertz CT molecular complexity index is 2030. The normalized spacial score (nSPS) is 11.8. The van der Waals surface area contributed by atoms with Crippen molar-refractivity contribution in [3.63, 3.8) is 0 Å². The molecule has 0 aliphatic rings. The van der Waals surface area contributed by atoms with Gasteiger partial charge in [-0.25, -0.2) is 27.0 Å². The zero-order chi connectivity index (χ0) is 37.9. The fraction of sp³-hybridized carbons (Fsp3) is 0.242. The molecule has 51 heavy (non-hydrogen) atoms. The van der Waals surface area contributed by atoms with Gasteiger partial charge in [0.25, 0.3) is 12.3 Å². The van der Waals surface area contributed by atoms with E-state index in [-0.39, 0.29) is 27.2 Å². The summed E-state index contributed by atoms with van der Waals surface area (Å²) in [5.41, 5.74) is 1.57. The van der Waals surface area contributed by atoms with Crippen LogP contribution < -0.4 is 5.32 Å². The number of hydrogen-bond donors (Lipinski definition) is 1. The fourth-order valence-corrected chi connectivity index (χ4v) is 6.90. The van der Waals surface area contributed by atoms with Crippen molar-refractivity contribution >= 4 is 79.7 Å². The third-order valence-corrected chi connectivity index (χ3v) is 9.20. The molecule has 18 heteroatoms. The van der Waals surface area contributed by atoms with Crippen LogP contribution in [-0.2, 0) is 25.4 Å². The van der Waals surface area contributed by atoms with Crippen LogP contribution in [-0.4, -0.2) is 43.7 Å². The van der Waals surface area contributed by atoms with Crippen LogP contribution in [0, 0.1) is 24.4 Å². The summed E-state index contributed by atoms with van der Waals surface area (Å²) in [5, 5.41) is 13.1. The highest BCUT2D eigenvalue weighted by Crippen LogP contribution is 2.39. The number of nitrogens with zero attached hydrogens (tertiary/aromatic N) is 5. The number of aromatic nitrogens is 4. The van der Waals surface area contributed by atoms with Gasteiger partial charge in [0.1, 0.15) is 23.1 Å². The summed E-state index contributed by atoms with van der Waals surface area (Å²) >= 11 is 27.5. The molecule has 8 nitrogen and oxygen atoms in total. The van der Waals surface area contributed by atoms with E-state index in [1.807, 2.05) is 0 Å². The Morgan fingerprint density at radius 1 is 0.980 bits per heavy atom. The Hall–Kier alpha value is -3.40. The number of anilines is 2. The SMILES string of the molecule is CON(C(=O)c1cn(C)nc1C(F)F)C(C)Cc1c(Cl)cc(Cl)cc1Cl.Cc1nn(C)c(Nc2c(F)cc(F)cc2Br)c1-c1ccc(F)cc1Cl. The van der Waals surface area contributed by atoms with Crippen molar-refractivity contribution in [1.82, 2.24) is 24.6 Å². The van der Waals surface area contributed by atoms with Gasteiger partial charge in [0.05, 0.1) is 35.1 Å². The Morgan fingerprint density at radius 2 is 1.63 bits per heavy atom. The second-order valence-corrected chi connectivity index (χ2v) is 13.6. The first-order valence-corrected chi connectivity index (χ1v) is 17.0. The fourth-order valence-electron chi connectivity index (χ4n) is 5.16. The lowest BCUT2D eigenvalue weighted by molar-refractivity contribution is -0.119. The minimum absolute atomic E-state index is 0.0592. The van der Waals surface area contributed by atoms with Crippen molar-refractivity contribution in [3.05, 3.63) is 113 Å². The average Bonchev–Trinajstić information content (AvgIpc) is 3.55. The van der Waals surface area contributed by atoms with Crippen LogP contribution in [0.5, 0.6) is 0 Å². The molecule has 2 aromatic heterocycles. The Labute approximate surface area is 318 Å². The van der Waals surface area contributed by atoms with E-state index in [4.69, 9.17) is 51.2 Å². The van der Waals surface area contributed by atoms with E-state index in [0.717, 1.165) is 21.9 Å². The summed E-state index contributed by atoms with van der Waals surface area (Å²) in [7, 11) is 4.40. The standard InChI is InChI=1S/C17H12BrClF3N3.C16H16Cl3F2N3O2/c1-8-15(11-4-3-9(20)6-13(11)19)17(25(2)24-8)23-16-12(18)5-10(21)7-14(16)22;1-8(4-10-12(18)5-9(17)6-13(10)19)24(26-3)16(25)11-7-23(2)22-14(11)15(20)21/h3-7,23H,1-2H3;5-8,15H,4H2,1-3H3. The quantitative estimate of drug-likeness (QED) is 0.118. The molecule has 1 unspecified atom stereocenters. The van der Waals surface area contributed by atoms with Crippen LogP contribution in [0.2, 0.25) is 20.1 Å². The van der Waals surface area contributed by atoms with Crippen LogP contribution in [0.3, 0.4) is 0 Å². The summed E-state index contributed by atoms with van der Waals surface area (Å²) in [6, 6.07) is 8.46. The van der Waals surface area contributed by atoms with Gasteiger partial charge in [0.15, 0.2) is 5.82 Å². The number of rotatable bonds is 9.